The zero-order chi connectivity index (χ0) is 23.7. The highest BCUT2D eigenvalue weighted by Gasteiger charge is 2.32. The molecule has 0 spiro atoms. The Morgan fingerprint density at radius 2 is 1.69 bits per heavy atom. The van der Waals surface area contributed by atoms with E-state index in [1.54, 1.807) is 22.4 Å². The number of methoxy groups -OCH3 is 1. The van der Waals surface area contributed by atoms with Crippen LogP contribution in [0.3, 0.4) is 0 Å². The van der Waals surface area contributed by atoms with Crippen LogP contribution in [0.4, 0.5) is 0 Å². The average Bonchev–Trinajstić information content (AvgIpc) is 3.05. The Hall–Kier alpha value is -1.59. The van der Waals surface area contributed by atoms with Gasteiger partial charge in [-0.3, -0.25) is 4.90 Å². The molecule has 1 aliphatic rings. The molecule has 10 heteroatoms. The van der Waals surface area contributed by atoms with E-state index < -0.39 is 10.0 Å². The molecule has 0 atom stereocenters. The Morgan fingerprint density at radius 3 is 2.22 bits per heavy atom. The second-order valence-corrected chi connectivity index (χ2v) is 11.7. The summed E-state index contributed by atoms with van der Waals surface area (Å²) in [5.41, 5.74) is 2.75. The lowest BCUT2D eigenvalue weighted by atomic mass is 9.85. The standard InChI is InChI=1S/C22H35N5O3S2/c1-17-13-19(22(3,4)5)14-18(2)20(17)32(28,29)26-9-7-24(8-10-26)16-27-21(31)25(15-23-27)11-12-30-6/h13-15H,7-12,16H2,1-6H3. The molecule has 1 saturated heterocycles. The molecule has 1 aliphatic heterocycles. The molecule has 32 heavy (non-hydrogen) atoms. The number of benzene rings is 1. The van der Waals surface area contributed by atoms with Crippen molar-refractivity contribution in [3.8, 4) is 0 Å². The smallest absolute Gasteiger partial charge is 0.243 e. The third-order valence-electron chi connectivity index (χ3n) is 5.92. The number of rotatable bonds is 7. The number of piperazine rings is 1. The monoisotopic (exact) mass is 481 g/mol. The maximum Gasteiger partial charge on any atom is 0.243 e. The van der Waals surface area contributed by atoms with Gasteiger partial charge in [-0.25, -0.2) is 13.1 Å². The van der Waals surface area contributed by atoms with Gasteiger partial charge >= 0.3 is 0 Å². The topological polar surface area (TPSA) is 72.6 Å². The molecule has 0 radical (unpaired) electrons. The minimum atomic E-state index is -3.55. The first-order valence-corrected chi connectivity index (χ1v) is 12.8. The van der Waals surface area contributed by atoms with Crippen LogP contribution in [-0.2, 0) is 33.4 Å². The lowest BCUT2D eigenvalue weighted by Crippen LogP contribution is -2.49. The first-order valence-electron chi connectivity index (χ1n) is 10.9. The van der Waals surface area contributed by atoms with Crippen LogP contribution >= 0.6 is 12.2 Å². The van der Waals surface area contributed by atoms with Gasteiger partial charge in [0.05, 0.1) is 18.2 Å². The molecule has 178 valence electrons. The SMILES string of the molecule is COCCn1cnn(CN2CCN(S(=O)(=O)c3c(C)cc(C(C)(C)C)cc3C)CC2)c1=S. The van der Waals surface area contributed by atoms with E-state index in [0.717, 1.165) is 16.7 Å². The van der Waals surface area contributed by atoms with Crippen molar-refractivity contribution in [2.45, 2.75) is 58.1 Å². The van der Waals surface area contributed by atoms with Crippen LogP contribution in [0.5, 0.6) is 0 Å². The minimum absolute atomic E-state index is 0.0266. The molecule has 2 aromatic rings. The van der Waals surface area contributed by atoms with Gasteiger partial charge in [-0.15, -0.1) is 0 Å². The predicted molar refractivity (Wildman–Crippen MR) is 128 cm³/mol. The van der Waals surface area contributed by atoms with Crippen LogP contribution in [0, 0.1) is 18.6 Å². The van der Waals surface area contributed by atoms with Gasteiger partial charge in [0.25, 0.3) is 0 Å². The van der Waals surface area contributed by atoms with Crippen LogP contribution < -0.4 is 0 Å². The second-order valence-electron chi connectivity index (χ2n) is 9.45. The quantitative estimate of drug-likeness (QED) is 0.566. The Labute approximate surface area is 196 Å². The van der Waals surface area contributed by atoms with E-state index in [2.05, 4.69) is 30.8 Å². The molecule has 8 nitrogen and oxygen atoms in total. The summed E-state index contributed by atoms with van der Waals surface area (Å²) in [5.74, 6) is 0. The largest absolute Gasteiger partial charge is 0.383 e. The van der Waals surface area contributed by atoms with Crippen molar-refractivity contribution in [3.05, 3.63) is 39.9 Å². The molecular weight excluding hydrogens is 446 g/mol. The fourth-order valence-electron chi connectivity index (χ4n) is 4.03. The summed E-state index contributed by atoms with van der Waals surface area (Å²) in [6, 6.07) is 4.02. The summed E-state index contributed by atoms with van der Waals surface area (Å²) in [7, 11) is -1.89. The summed E-state index contributed by atoms with van der Waals surface area (Å²) in [6.45, 7) is 14.1. The van der Waals surface area contributed by atoms with Gasteiger partial charge in [-0.05, 0) is 48.2 Å². The fraction of sp³-hybridized carbons (Fsp3) is 0.636. The maximum atomic E-state index is 13.5. The zero-order valence-corrected chi connectivity index (χ0v) is 21.6. The van der Waals surface area contributed by atoms with Crippen molar-refractivity contribution in [1.29, 1.82) is 0 Å². The van der Waals surface area contributed by atoms with E-state index in [1.165, 1.54) is 0 Å². The molecule has 1 fully saturated rings. The number of aromatic nitrogens is 3. The van der Waals surface area contributed by atoms with Crippen LogP contribution in [0.25, 0.3) is 0 Å². The van der Waals surface area contributed by atoms with Gasteiger partial charge in [0.2, 0.25) is 10.0 Å². The number of hydrogen-bond acceptors (Lipinski definition) is 6. The highest BCUT2D eigenvalue weighted by Crippen LogP contribution is 2.31. The van der Waals surface area contributed by atoms with Gasteiger partial charge in [0.1, 0.15) is 6.33 Å². The second kappa shape index (κ2) is 9.72. The highest BCUT2D eigenvalue weighted by atomic mass is 32.2. The summed E-state index contributed by atoms with van der Waals surface area (Å²) >= 11 is 5.49. The molecule has 0 bridgehead atoms. The summed E-state index contributed by atoms with van der Waals surface area (Å²) in [4.78, 5) is 2.62. The molecule has 0 amide bonds. The van der Waals surface area contributed by atoms with Gasteiger partial charge in [0.15, 0.2) is 4.77 Å². The van der Waals surface area contributed by atoms with Crippen LogP contribution in [-0.4, -0.2) is 71.9 Å². The summed E-state index contributed by atoms with van der Waals surface area (Å²) < 4.78 is 37.9. The Balaban J connectivity index is 1.70. The van der Waals surface area contributed by atoms with Gasteiger partial charge in [-0.2, -0.15) is 9.40 Å². The Bertz CT molecular complexity index is 1080. The van der Waals surface area contributed by atoms with Gasteiger partial charge in [-0.1, -0.05) is 32.9 Å². The Morgan fingerprint density at radius 1 is 1.09 bits per heavy atom. The normalized spacial score (nSPS) is 16.6. The van der Waals surface area contributed by atoms with E-state index in [1.807, 2.05) is 30.5 Å². The van der Waals surface area contributed by atoms with E-state index in [9.17, 15) is 8.42 Å². The number of hydrogen-bond donors (Lipinski definition) is 0. The van der Waals surface area contributed by atoms with Crippen molar-refractivity contribution >= 4 is 22.2 Å². The lowest BCUT2D eigenvalue weighted by molar-refractivity contribution is 0.144. The van der Waals surface area contributed by atoms with Crippen molar-refractivity contribution in [2.75, 3.05) is 39.9 Å². The molecule has 2 heterocycles. The number of sulfonamides is 1. The molecule has 1 aromatic carbocycles. The van der Waals surface area contributed by atoms with E-state index >= 15 is 0 Å². The van der Waals surface area contributed by atoms with E-state index in [-0.39, 0.29) is 5.41 Å². The molecule has 3 rings (SSSR count). The van der Waals surface area contributed by atoms with Crippen molar-refractivity contribution in [1.82, 2.24) is 23.6 Å². The number of nitrogens with zero attached hydrogens (tertiary/aromatic N) is 5. The van der Waals surface area contributed by atoms with Gasteiger partial charge < -0.3 is 9.30 Å². The first kappa shape index (κ1) is 25.0. The first-order chi connectivity index (χ1) is 14.9. The molecular formula is C22H35N5O3S2. The lowest BCUT2D eigenvalue weighted by Gasteiger charge is -2.34. The van der Waals surface area contributed by atoms with Crippen LogP contribution in [0.1, 0.15) is 37.5 Å². The van der Waals surface area contributed by atoms with Crippen molar-refractivity contribution in [3.63, 3.8) is 0 Å². The summed E-state index contributed by atoms with van der Waals surface area (Å²) in [6.07, 6.45) is 1.72. The minimum Gasteiger partial charge on any atom is -0.383 e. The molecule has 1 aromatic heterocycles. The third-order valence-corrected chi connectivity index (χ3v) is 8.57. The van der Waals surface area contributed by atoms with Crippen LogP contribution in [0.15, 0.2) is 23.4 Å². The average molecular weight is 482 g/mol. The van der Waals surface area contributed by atoms with E-state index in [0.29, 0.717) is 55.7 Å². The maximum absolute atomic E-state index is 13.5. The Kier molecular flexibility index (Phi) is 7.61. The number of ether oxygens (including phenoxy) is 1. The van der Waals surface area contributed by atoms with Gasteiger partial charge in [0, 0.05) is 39.8 Å². The molecule has 0 N–H and O–H groups in total. The highest BCUT2D eigenvalue weighted by molar-refractivity contribution is 7.89. The molecule has 0 aliphatic carbocycles. The zero-order valence-electron chi connectivity index (χ0n) is 20.0. The van der Waals surface area contributed by atoms with Crippen molar-refractivity contribution in [2.24, 2.45) is 0 Å². The van der Waals surface area contributed by atoms with Crippen molar-refractivity contribution < 1.29 is 13.2 Å². The molecule has 0 unspecified atom stereocenters. The third kappa shape index (κ3) is 5.31. The van der Waals surface area contributed by atoms with Crippen LogP contribution in [0.2, 0.25) is 0 Å². The number of aryl methyl sites for hydroxylation is 2. The molecule has 0 saturated carbocycles. The predicted octanol–water partition coefficient (Wildman–Crippen LogP) is 2.94. The fourth-order valence-corrected chi connectivity index (χ4v) is 6.11. The van der Waals surface area contributed by atoms with E-state index in [4.69, 9.17) is 17.0 Å². The summed E-state index contributed by atoms with van der Waals surface area (Å²) in [5, 5.41) is 4.38.